The molecule has 1 nitrogen and oxygen atoms in total. The van der Waals surface area contributed by atoms with E-state index in [9.17, 15) is 4.79 Å². The summed E-state index contributed by atoms with van der Waals surface area (Å²) in [7, 11) is 0. The van der Waals surface area contributed by atoms with Crippen molar-refractivity contribution in [2.45, 2.75) is 58.8 Å². The molecule has 0 saturated heterocycles. The lowest BCUT2D eigenvalue weighted by Gasteiger charge is -2.12. The minimum atomic E-state index is -0.0751. The van der Waals surface area contributed by atoms with E-state index in [1.165, 1.54) is 32.1 Å². The summed E-state index contributed by atoms with van der Waals surface area (Å²) >= 11 is 4.54. The second-order valence-electron chi connectivity index (χ2n) is 3.68. The second-order valence-corrected chi connectivity index (χ2v) is 4.14. The highest BCUT2D eigenvalue weighted by atomic mass is 32.1. The zero-order valence-electron chi connectivity index (χ0n) is 8.84. The maximum absolute atomic E-state index is 10.6. The summed E-state index contributed by atoms with van der Waals surface area (Å²) in [6, 6.07) is 0. The molecule has 0 aliphatic rings. The van der Waals surface area contributed by atoms with Gasteiger partial charge in [-0.05, 0) is 25.0 Å². The van der Waals surface area contributed by atoms with Gasteiger partial charge in [0.2, 0.25) is 5.12 Å². The highest BCUT2D eigenvalue weighted by Crippen LogP contribution is 2.19. The van der Waals surface area contributed by atoms with Crippen LogP contribution in [0.5, 0.6) is 0 Å². The minimum Gasteiger partial charge on any atom is -0.282 e. The molecule has 13 heavy (non-hydrogen) atoms. The highest BCUT2D eigenvalue weighted by Gasteiger charge is 2.07. The largest absolute Gasteiger partial charge is 0.282 e. The maximum Gasteiger partial charge on any atom is 0.218 e. The van der Waals surface area contributed by atoms with Crippen molar-refractivity contribution in [3.05, 3.63) is 0 Å². The molecule has 77 valence electrons. The Morgan fingerprint density at radius 2 is 1.92 bits per heavy atom. The average molecular weight is 201 g/mol. The molecular weight excluding hydrogens is 180 g/mol. The van der Waals surface area contributed by atoms with Gasteiger partial charge >= 0.3 is 0 Å². The quantitative estimate of drug-likeness (QED) is 0.540. The van der Waals surface area contributed by atoms with Crippen LogP contribution in [0.2, 0.25) is 0 Å². The van der Waals surface area contributed by atoms with Crippen molar-refractivity contribution in [3.8, 4) is 0 Å². The van der Waals surface area contributed by atoms with Crippen LogP contribution in [0.15, 0.2) is 0 Å². The molecule has 2 heteroatoms. The average Bonchev–Trinajstić information content (AvgIpc) is 2.10. The topological polar surface area (TPSA) is 17.1 Å². The van der Waals surface area contributed by atoms with E-state index in [0.717, 1.165) is 12.3 Å². The maximum atomic E-state index is 10.6. The van der Waals surface area contributed by atoms with E-state index in [1.54, 1.807) is 0 Å². The molecule has 0 N–H and O–H groups in total. The fraction of sp³-hybridized carbons (Fsp3) is 0.909. The molecule has 0 spiro atoms. The lowest BCUT2D eigenvalue weighted by atomic mass is 9.94. The standard InChI is InChI=1S/C11H21OS/c1-3-5-6-7-10(4-2)8-9-11(12)13/h10H,3-9H2,1-2H3. The van der Waals surface area contributed by atoms with E-state index >= 15 is 0 Å². The van der Waals surface area contributed by atoms with Gasteiger partial charge in [-0.25, -0.2) is 0 Å². The van der Waals surface area contributed by atoms with Crippen LogP contribution < -0.4 is 0 Å². The van der Waals surface area contributed by atoms with Gasteiger partial charge in [-0.2, -0.15) is 0 Å². The Morgan fingerprint density at radius 3 is 2.38 bits per heavy atom. The Morgan fingerprint density at radius 1 is 1.23 bits per heavy atom. The molecule has 0 saturated carbocycles. The van der Waals surface area contributed by atoms with Crippen molar-refractivity contribution < 1.29 is 4.79 Å². The first-order valence-electron chi connectivity index (χ1n) is 5.40. The Bertz CT molecular complexity index is 134. The molecule has 0 aliphatic carbocycles. The number of hydrogen-bond donors (Lipinski definition) is 0. The summed E-state index contributed by atoms with van der Waals surface area (Å²) in [6.45, 7) is 4.41. The van der Waals surface area contributed by atoms with E-state index in [2.05, 4.69) is 26.5 Å². The first kappa shape index (κ1) is 12.9. The molecule has 0 rings (SSSR count). The lowest BCUT2D eigenvalue weighted by Crippen LogP contribution is -2.01. The fourth-order valence-corrected chi connectivity index (χ4v) is 1.68. The molecule has 0 aliphatic heterocycles. The van der Waals surface area contributed by atoms with Crippen LogP contribution >= 0.6 is 12.6 Å². The highest BCUT2D eigenvalue weighted by molar-refractivity contribution is 7.96. The van der Waals surface area contributed by atoms with Crippen LogP contribution in [0, 0.1) is 5.92 Å². The normalized spacial score (nSPS) is 12.8. The molecule has 0 aromatic rings. The first-order valence-corrected chi connectivity index (χ1v) is 5.81. The number of rotatable bonds is 8. The zero-order valence-corrected chi connectivity index (χ0v) is 9.66. The van der Waals surface area contributed by atoms with Crippen LogP contribution in [-0.2, 0) is 4.79 Å². The zero-order chi connectivity index (χ0) is 10.1. The minimum absolute atomic E-state index is 0.0751. The molecule has 0 heterocycles. The SMILES string of the molecule is CCCCCC(CC)CCC(=O)[S]. The summed E-state index contributed by atoms with van der Waals surface area (Å²) in [5.74, 6) is 0.721. The molecular formula is C11H21OS. The molecule has 1 atom stereocenters. The van der Waals surface area contributed by atoms with E-state index in [1.807, 2.05) is 0 Å². The van der Waals surface area contributed by atoms with Crippen molar-refractivity contribution >= 4 is 17.7 Å². The van der Waals surface area contributed by atoms with Crippen LogP contribution in [0.3, 0.4) is 0 Å². The van der Waals surface area contributed by atoms with Gasteiger partial charge in [0.05, 0.1) is 0 Å². The van der Waals surface area contributed by atoms with E-state index < -0.39 is 0 Å². The van der Waals surface area contributed by atoms with Gasteiger partial charge in [-0.3, -0.25) is 4.79 Å². The van der Waals surface area contributed by atoms with Crippen molar-refractivity contribution in [2.75, 3.05) is 0 Å². The van der Waals surface area contributed by atoms with Gasteiger partial charge in [0, 0.05) is 6.42 Å². The Hall–Kier alpha value is -0.110. The smallest absolute Gasteiger partial charge is 0.218 e. The summed E-state index contributed by atoms with van der Waals surface area (Å²) in [4.78, 5) is 10.6. The Balaban J connectivity index is 3.45. The van der Waals surface area contributed by atoms with Gasteiger partial charge in [0.1, 0.15) is 0 Å². The summed E-state index contributed by atoms with van der Waals surface area (Å²) in [5.41, 5.74) is 0. The summed E-state index contributed by atoms with van der Waals surface area (Å²) in [5, 5.41) is -0.0751. The van der Waals surface area contributed by atoms with Crippen LogP contribution in [0.25, 0.3) is 0 Å². The number of unbranched alkanes of at least 4 members (excludes halogenated alkanes) is 2. The van der Waals surface area contributed by atoms with E-state index in [0.29, 0.717) is 6.42 Å². The lowest BCUT2D eigenvalue weighted by molar-refractivity contribution is -0.111. The van der Waals surface area contributed by atoms with E-state index in [4.69, 9.17) is 0 Å². The molecule has 0 amide bonds. The van der Waals surface area contributed by atoms with Crippen LogP contribution in [0.4, 0.5) is 0 Å². The summed E-state index contributed by atoms with van der Waals surface area (Å²) < 4.78 is 0. The number of hydrogen-bond acceptors (Lipinski definition) is 1. The van der Waals surface area contributed by atoms with Crippen molar-refractivity contribution in [1.29, 1.82) is 0 Å². The Labute approximate surface area is 87.7 Å². The number of carbonyl (C=O) groups excluding carboxylic acids is 1. The molecule has 1 unspecified atom stereocenters. The fourth-order valence-electron chi connectivity index (χ4n) is 1.56. The van der Waals surface area contributed by atoms with Gasteiger partial charge in [0.15, 0.2) is 0 Å². The second kappa shape index (κ2) is 8.49. The molecule has 0 aromatic heterocycles. The third kappa shape index (κ3) is 8.23. The molecule has 0 fully saturated rings. The molecule has 1 radical (unpaired) electrons. The van der Waals surface area contributed by atoms with Crippen LogP contribution in [0.1, 0.15) is 58.8 Å². The van der Waals surface area contributed by atoms with Crippen molar-refractivity contribution in [2.24, 2.45) is 5.92 Å². The molecule has 0 aromatic carbocycles. The number of carbonyl (C=O) groups is 1. The van der Waals surface area contributed by atoms with Crippen molar-refractivity contribution in [3.63, 3.8) is 0 Å². The van der Waals surface area contributed by atoms with Gasteiger partial charge in [0.25, 0.3) is 0 Å². The van der Waals surface area contributed by atoms with Crippen molar-refractivity contribution in [1.82, 2.24) is 0 Å². The third-order valence-corrected chi connectivity index (χ3v) is 2.75. The van der Waals surface area contributed by atoms with Gasteiger partial charge in [-0.15, -0.1) is 0 Å². The predicted octanol–water partition coefficient (Wildman–Crippen LogP) is 4.10. The Kier molecular flexibility index (Phi) is 8.41. The van der Waals surface area contributed by atoms with E-state index in [-0.39, 0.29) is 5.12 Å². The molecule has 0 bridgehead atoms. The third-order valence-electron chi connectivity index (χ3n) is 2.55. The predicted molar refractivity (Wildman–Crippen MR) is 59.8 cm³/mol. The summed E-state index contributed by atoms with van der Waals surface area (Å²) in [6.07, 6.45) is 7.96. The first-order chi connectivity index (χ1) is 6.20. The van der Waals surface area contributed by atoms with Gasteiger partial charge in [-0.1, -0.05) is 46.0 Å². The monoisotopic (exact) mass is 201 g/mol. The van der Waals surface area contributed by atoms with Crippen LogP contribution in [-0.4, -0.2) is 5.12 Å². The van der Waals surface area contributed by atoms with Gasteiger partial charge < -0.3 is 0 Å².